The van der Waals surface area contributed by atoms with Gasteiger partial charge in [0.05, 0.1) is 22.8 Å². The van der Waals surface area contributed by atoms with E-state index in [0.717, 1.165) is 16.3 Å². The van der Waals surface area contributed by atoms with Crippen LogP contribution in [0.5, 0.6) is 5.75 Å². The number of carbonyl (C=O) groups is 2. The maximum atomic E-state index is 12.3. The monoisotopic (exact) mass is 379 g/mol. The maximum Gasteiger partial charge on any atom is 0.266 e. The van der Waals surface area contributed by atoms with Crippen LogP contribution in [0.4, 0.5) is 11.4 Å². The summed E-state index contributed by atoms with van der Waals surface area (Å²) in [7, 11) is 0. The molecule has 2 N–H and O–H groups in total. The molecule has 0 bridgehead atoms. The number of anilines is 2. The first-order chi connectivity index (χ1) is 13.1. The number of amides is 2. The number of aryl methyl sites for hydroxylation is 1. The van der Waals surface area contributed by atoms with Crippen LogP contribution in [0.25, 0.3) is 11.3 Å². The fourth-order valence-corrected chi connectivity index (χ4v) is 3.45. The third-order valence-corrected chi connectivity index (χ3v) is 4.93. The van der Waals surface area contributed by atoms with Gasteiger partial charge >= 0.3 is 0 Å². The molecule has 0 aliphatic carbocycles. The Labute approximate surface area is 160 Å². The number of carbonyl (C=O) groups excluding carboxylic acids is 2. The van der Waals surface area contributed by atoms with Crippen LogP contribution in [0, 0.1) is 6.92 Å². The Kier molecular flexibility index (Phi) is 4.60. The first kappa shape index (κ1) is 17.2. The Balaban J connectivity index is 1.39. The van der Waals surface area contributed by atoms with E-state index in [1.807, 2.05) is 48.7 Å². The minimum Gasteiger partial charge on any atom is -0.478 e. The summed E-state index contributed by atoms with van der Waals surface area (Å²) in [5.74, 6) is -0.0392. The minimum atomic E-state index is -0.850. The van der Waals surface area contributed by atoms with E-state index in [1.165, 1.54) is 0 Å². The number of hydrogen-bond donors (Lipinski definition) is 2. The molecule has 0 fully saturated rings. The molecule has 1 atom stereocenters. The van der Waals surface area contributed by atoms with Gasteiger partial charge in [-0.05, 0) is 31.2 Å². The highest BCUT2D eigenvalue weighted by Crippen LogP contribution is 2.29. The van der Waals surface area contributed by atoms with Gasteiger partial charge in [0, 0.05) is 16.6 Å². The molecule has 2 heterocycles. The van der Waals surface area contributed by atoms with E-state index in [4.69, 9.17) is 4.74 Å². The van der Waals surface area contributed by atoms with Crippen molar-refractivity contribution >= 4 is 34.5 Å². The van der Waals surface area contributed by atoms with Crippen LogP contribution in [0.3, 0.4) is 0 Å². The lowest BCUT2D eigenvalue weighted by atomic mass is 10.1. The number of rotatable bonds is 4. The lowest BCUT2D eigenvalue weighted by Gasteiger charge is -2.25. The van der Waals surface area contributed by atoms with Crippen molar-refractivity contribution in [3.05, 3.63) is 58.9 Å². The van der Waals surface area contributed by atoms with Crippen LogP contribution in [-0.2, 0) is 9.59 Å². The van der Waals surface area contributed by atoms with Crippen molar-refractivity contribution in [2.45, 2.75) is 19.4 Å². The predicted molar refractivity (Wildman–Crippen MR) is 105 cm³/mol. The third kappa shape index (κ3) is 3.83. The van der Waals surface area contributed by atoms with Crippen molar-refractivity contribution in [1.29, 1.82) is 0 Å². The van der Waals surface area contributed by atoms with Gasteiger partial charge in [0.25, 0.3) is 5.91 Å². The SMILES string of the molecule is Cc1nc(-c2ccc(NC(=O)C[C@H]3Oc4ccccc4NC3=O)cc2)cs1. The van der Waals surface area contributed by atoms with Crippen LogP contribution in [0.15, 0.2) is 53.9 Å². The number of nitrogens with one attached hydrogen (secondary N) is 2. The van der Waals surface area contributed by atoms with Crippen LogP contribution in [-0.4, -0.2) is 22.9 Å². The normalized spacial score (nSPS) is 15.4. The molecular weight excluding hydrogens is 362 g/mol. The number of fused-ring (bicyclic) bond motifs is 1. The van der Waals surface area contributed by atoms with Gasteiger partial charge in [0.15, 0.2) is 6.10 Å². The molecule has 1 aromatic heterocycles. The molecule has 1 aliphatic rings. The van der Waals surface area contributed by atoms with Crippen LogP contribution in [0.1, 0.15) is 11.4 Å². The summed E-state index contributed by atoms with van der Waals surface area (Å²) in [6.45, 7) is 1.96. The number of ether oxygens (including phenoxy) is 1. The Morgan fingerprint density at radius 3 is 2.74 bits per heavy atom. The molecule has 27 heavy (non-hydrogen) atoms. The fraction of sp³-hybridized carbons (Fsp3) is 0.150. The molecule has 7 heteroatoms. The van der Waals surface area contributed by atoms with E-state index >= 15 is 0 Å². The standard InChI is InChI=1S/C20H17N3O3S/c1-12-21-16(11-27-12)13-6-8-14(9-7-13)22-19(24)10-18-20(25)23-15-4-2-3-5-17(15)26-18/h2-9,11,18H,10H2,1H3,(H,22,24)(H,23,25)/t18-/m1/s1. The quantitative estimate of drug-likeness (QED) is 0.722. The van der Waals surface area contributed by atoms with E-state index in [2.05, 4.69) is 15.6 Å². The number of hydrogen-bond acceptors (Lipinski definition) is 5. The molecule has 0 saturated heterocycles. The summed E-state index contributed by atoms with van der Waals surface area (Å²) in [5.41, 5.74) is 3.18. The zero-order valence-electron chi connectivity index (χ0n) is 14.6. The largest absolute Gasteiger partial charge is 0.478 e. The Hall–Kier alpha value is -3.19. The second-order valence-corrected chi connectivity index (χ2v) is 7.24. The summed E-state index contributed by atoms with van der Waals surface area (Å²) in [6.07, 6.45) is -0.912. The highest BCUT2D eigenvalue weighted by Gasteiger charge is 2.29. The molecule has 0 saturated carbocycles. The molecule has 3 aromatic rings. The molecule has 136 valence electrons. The van der Waals surface area contributed by atoms with Gasteiger partial charge in [0.1, 0.15) is 5.75 Å². The summed E-state index contributed by atoms with van der Waals surface area (Å²) in [4.78, 5) is 28.9. The van der Waals surface area contributed by atoms with Crippen LogP contribution in [0.2, 0.25) is 0 Å². The van der Waals surface area contributed by atoms with Gasteiger partial charge in [0.2, 0.25) is 5.91 Å². The van der Waals surface area contributed by atoms with Crippen molar-refractivity contribution in [2.24, 2.45) is 0 Å². The van der Waals surface area contributed by atoms with E-state index in [9.17, 15) is 9.59 Å². The summed E-state index contributed by atoms with van der Waals surface area (Å²) < 4.78 is 5.65. The number of nitrogens with zero attached hydrogens (tertiary/aromatic N) is 1. The van der Waals surface area contributed by atoms with Gasteiger partial charge < -0.3 is 15.4 Å². The van der Waals surface area contributed by atoms with Crippen molar-refractivity contribution in [2.75, 3.05) is 10.6 Å². The first-order valence-electron chi connectivity index (χ1n) is 8.47. The van der Waals surface area contributed by atoms with Crippen molar-refractivity contribution < 1.29 is 14.3 Å². The highest BCUT2D eigenvalue weighted by atomic mass is 32.1. The van der Waals surface area contributed by atoms with E-state index < -0.39 is 6.10 Å². The topological polar surface area (TPSA) is 80.3 Å². The minimum absolute atomic E-state index is 0.0623. The van der Waals surface area contributed by atoms with Gasteiger partial charge in [-0.15, -0.1) is 11.3 Å². The zero-order chi connectivity index (χ0) is 18.8. The molecule has 0 radical (unpaired) electrons. The molecule has 2 aromatic carbocycles. The Morgan fingerprint density at radius 2 is 2.00 bits per heavy atom. The molecule has 1 aliphatic heterocycles. The number of benzene rings is 2. The van der Waals surface area contributed by atoms with Gasteiger partial charge in [-0.1, -0.05) is 24.3 Å². The second kappa shape index (κ2) is 7.20. The number of aromatic nitrogens is 1. The maximum absolute atomic E-state index is 12.3. The number of thiazole rings is 1. The first-order valence-corrected chi connectivity index (χ1v) is 9.35. The van der Waals surface area contributed by atoms with Crippen LogP contribution >= 0.6 is 11.3 Å². The Bertz CT molecular complexity index is 998. The highest BCUT2D eigenvalue weighted by molar-refractivity contribution is 7.09. The fourth-order valence-electron chi connectivity index (χ4n) is 2.83. The lowest BCUT2D eigenvalue weighted by Crippen LogP contribution is -2.39. The molecule has 6 nitrogen and oxygen atoms in total. The Morgan fingerprint density at radius 1 is 1.22 bits per heavy atom. The van der Waals surface area contributed by atoms with Crippen LogP contribution < -0.4 is 15.4 Å². The van der Waals surface area contributed by atoms with Crippen molar-refractivity contribution in [3.63, 3.8) is 0 Å². The van der Waals surface area contributed by atoms with Crippen molar-refractivity contribution in [3.8, 4) is 17.0 Å². The molecule has 0 unspecified atom stereocenters. The zero-order valence-corrected chi connectivity index (χ0v) is 15.4. The van der Waals surface area contributed by atoms with Gasteiger partial charge in [-0.3, -0.25) is 9.59 Å². The average Bonchev–Trinajstić information content (AvgIpc) is 3.09. The van der Waals surface area contributed by atoms with E-state index in [0.29, 0.717) is 17.1 Å². The van der Waals surface area contributed by atoms with Gasteiger partial charge in [-0.25, -0.2) is 4.98 Å². The smallest absolute Gasteiger partial charge is 0.266 e. The summed E-state index contributed by atoms with van der Waals surface area (Å²) >= 11 is 1.60. The third-order valence-electron chi connectivity index (χ3n) is 4.16. The molecule has 4 rings (SSSR count). The molecule has 2 amide bonds. The van der Waals surface area contributed by atoms with E-state index in [-0.39, 0.29) is 18.2 Å². The summed E-state index contributed by atoms with van der Waals surface area (Å²) in [6, 6.07) is 14.6. The van der Waals surface area contributed by atoms with E-state index in [1.54, 1.807) is 23.5 Å². The van der Waals surface area contributed by atoms with Crippen molar-refractivity contribution in [1.82, 2.24) is 4.98 Å². The molecular formula is C20H17N3O3S. The second-order valence-electron chi connectivity index (χ2n) is 6.17. The number of para-hydroxylation sites is 2. The predicted octanol–water partition coefficient (Wildman–Crippen LogP) is 3.85. The molecule has 0 spiro atoms. The lowest BCUT2D eigenvalue weighted by molar-refractivity contribution is -0.128. The average molecular weight is 379 g/mol. The van der Waals surface area contributed by atoms with Gasteiger partial charge in [-0.2, -0.15) is 0 Å². The summed E-state index contributed by atoms with van der Waals surface area (Å²) in [5, 5.41) is 8.57.